The third-order valence-electron chi connectivity index (χ3n) is 2.05. The van der Waals surface area contributed by atoms with Crippen LogP contribution in [-0.4, -0.2) is 27.6 Å². The molecule has 0 aliphatic carbocycles. The largest absolute Gasteiger partial charge is 0.349 e. The van der Waals surface area contributed by atoms with Crippen LogP contribution in [0.2, 0.25) is 0 Å². The number of H-pyrrole nitrogens is 1. The van der Waals surface area contributed by atoms with Crippen molar-refractivity contribution in [2.24, 2.45) is 0 Å². The van der Waals surface area contributed by atoms with Crippen LogP contribution in [0, 0.1) is 0 Å². The molecule has 0 spiro atoms. The zero-order chi connectivity index (χ0) is 11.8. The number of hydrogen-bond donors (Lipinski definition) is 2. The first-order valence-electron chi connectivity index (χ1n) is 5.58. The molecule has 0 atom stereocenters. The molecule has 2 N–H and O–H groups in total. The van der Waals surface area contributed by atoms with Gasteiger partial charge in [-0.05, 0) is 19.8 Å². The number of rotatable bonds is 6. The van der Waals surface area contributed by atoms with E-state index in [4.69, 9.17) is 0 Å². The molecule has 0 fully saturated rings. The van der Waals surface area contributed by atoms with Gasteiger partial charge in [0.05, 0.1) is 0 Å². The molecule has 0 aliphatic rings. The Balaban J connectivity index is 2.40. The van der Waals surface area contributed by atoms with Gasteiger partial charge in [-0.2, -0.15) is 0 Å². The summed E-state index contributed by atoms with van der Waals surface area (Å²) in [5.41, 5.74) is 0. The van der Waals surface area contributed by atoms with Crippen molar-refractivity contribution in [2.75, 3.05) is 6.54 Å². The lowest BCUT2D eigenvalue weighted by Crippen LogP contribution is -2.25. The molecule has 5 nitrogen and oxygen atoms in total. The van der Waals surface area contributed by atoms with E-state index in [-0.39, 0.29) is 11.7 Å². The minimum atomic E-state index is -0.219. The van der Waals surface area contributed by atoms with Crippen molar-refractivity contribution in [3.63, 3.8) is 0 Å². The van der Waals surface area contributed by atoms with Gasteiger partial charge in [0.2, 0.25) is 5.82 Å². The molecule has 1 aromatic heterocycles. The summed E-state index contributed by atoms with van der Waals surface area (Å²) in [5, 5.41) is 9.37. The Morgan fingerprint density at radius 3 is 3.06 bits per heavy atom. The van der Waals surface area contributed by atoms with Crippen LogP contribution >= 0.6 is 0 Å². The van der Waals surface area contributed by atoms with E-state index in [1.54, 1.807) is 0 Å². The van der Waals surface area contributed by atoms with Crippen LogP contribution < -0.4 is 5.32 Å². The summed E-state index contributed by atoms with van der Waals surface area (Å²) in [7, 11) is 0. The number of allylic oxidation sites excluding steroid dienone is 1. The maximum atomic E-state index is 11.5. The number of amides is 1. The molecule has 0 bridgehead atoms. The maximum absolute atomic E-state index is 11.5. The maximum Gasteiger partial charge on any atom is 0.290 e. The summed E-state index contributed by atoms with van der Waals surface area (Å²) >= 11 is 0. The molecule has 1 aromatic rings. The highest BCUT2D eigenvalue weighted by Gasteiger charge is 2.10. The summed E-state index contributed by atoms with van der Waals surface area (Å²) in [6.45, 7) is 4.62. The van der Waals surface area contributed by atoms with E-state index >= 15 is 0 Å². The Bertz CT molecular complexity index is 357. The van der Waals surface area contributed by atoms with Crippen molar-refractivity contribution in [3.8, 4) is 0 Å². The quantitative estimate of drug-likeness (QED) is 0.565. The summed E-state index contributed by atoms with van der Waals surface area (Å²) in [5.74, 6) is 0.771. The number of aromatic amines is 1. The van der Waals surface area contributed by atoms with Crippen molar-refractivity contribution in [2.45, 2.75) is 33.1 Å². The fourth-order valence-corrected chi connectivity index (χ4v) is 1.26. The molecule has 0 saturated heterocycles. The molecule has 1 amide bonds. The highest BCUT2D eigenvalue weighted by Crippen LogP contribution is 1.96. The van der Waals surface area contributed by atoms with Crippen LogP contribution in [0.4, 0.5) is 0 Å². The van der Waals surface area contributed by atoms with E-state index in [9.17, 15) is 4.79 Å². The van der Waals surface area contributed by atoms with Gasteiger partial charge in [-0.15, -0.1) is 5.10 Å². The van der Waals surface area contributed by atoms with Gasteiger partial charge in [-0.3, -0.25) is 9.89 Å². The number of carbonyl (C=O) groups excluding carboxylic acids is 1. The van der Waals surface area contributed by atoms with Crippen LogP contribution in [0.1, 0.15) is 43.1 Å². The lowest BCUT2D eigenvalue weighted by atomic mass is 10.3. The normalized spacial score (nSPS) is 10.9. The number of carbonyl (C=O) groups is 1. The average molecular weight is 222 g/mol. The van der Waals surface area contributed by atoms with Gasteiger partial charge in [0.25, 0.3) is 5.91 Å². The van der Waals surface area contributed by atoms with Gasteiger partial charge in [-0.25, -0.2) is 4.98 Å². The van der Waals surface area contributed by atoms with E-state index in [1.807, 2.05) is 19.1 Å². The number of aromatic nitrogens is 3. The number of aryl methyl sites for hydroxylation is 1. The van der Waals surface area contributed by atoms with Crippen molar-refractivity contribution >= 4 is 5.91 Å². The molecule has 0 saturated carbocycles. The van der Waals surface area contributed by atoms with Crippen molar-refractivity contribution in [3.05, 3.63) is 23.8 Å². The molecule has 16 heavy (non-hydrogen) atoms. The summed E-state index contributed by atoms with van der Waals surface area (Å²) in [4.78, 5) is 15.6. The summed E-state index contributed by atoms with van der Waals surface area (Å²) in [6.07, 6.45) is 6.59. The minimum Gasteiger partial charge on any atom is -0.349 e. The summed E-state index contributed by atoms with van der Waals surface area (Å²) < 4.78 is 0. The van der Waals surface area contributed by atoms with E-state index < -0.39 is 0 Å². The lowest BCUT2D eigenvalue weighted by Gasteiger charge is -1.98. The highest BCUT2D eigenvalue weighted by atomic mass is 16.2. The lowest BCUT2D eigenvalue weighted by molar-refractivity contribution is 0.0944. The summed E-state index contributed by atoms with van der Waals surface area (Å²) in [6, 6.07) is 0. The van der Waals surface area contributed by atoms with Gasteiger partial charge in [0, 0.05) is 13.0 Å². The molecule has 1 rings (SSSR count). The fraction of sp³-hybridized carbons (Fsp3) is 0.545. The highest BCUT2D eigenvalue weighted by molar-refractivity contribution is 5.90. The van der Waals surface area contributed by atoms with Gasteiger partial charge >= 0.3 is 0 Å². The van der Waals surface area contributed by atoms with Crippen LogP contribution in [0.15, 0.2) is 12.2 Å². The molecule has 5 heteroatoms. The van der Waals surface area contributed by atoms with Crippen molar-refractivity contribution < 1.29 is 4.79 Å². The number of nitrogens with one attached hydrogen (secondary N) is 2. The molecular weight excluding hydrogens is 204 g/mol. The third kappa shape index (κ3) is 3.84. The Labute approximate surface area is 95.4 Å². The molecule has 0 radical (unpaired) electrons. The number of hydrogen-bond acceptors (Lipinski definition) is 3. The first-order valence-corrected chi connectivity index (χ1v) is 5.58. The van der Waals surface area contributed by atoms with Crippen molar-refractivity contribution in [1.82, 2.24) is 20.5 Å². The van der Waals surface area contributed by atoms with Gasteiger partial charge < -0.3 is 5.32 Å². The first-order chi connectivity index (χ1) is 7.77. The smallest absolute Gasteiger partial charge is 0.290 e. The van der Waals surface area contributed by atoms with Crippen LogP contribution in [0.3, 0.4) is 0 Å². The monoisotopic (exact) mass is 222 g/mol. The van der Waals surface area contributed by atoms with Crippen LogP contribution in [-0.2, 0) is 6.42 Å². The molecule has 1 heterocycles. The predicted octanol–water partition coefficient (Wildman–Crippen LogP) is 1.45. The number of nitrogens with zero attached hydrogens (tertiary/aromatic N) is 2. The minimum absolute atomic E-state index is 0.219. The fourth-order valence-electron chi connectivity index (χ4n) is 1.26. The second-order valence-electron chi connectivity index (χ2n) is 3.47. The Morgan fingerprint density at radius 2 is 2.38 bits per heavy atom. The molecule has 0 unspecified atom stereocenters. The molecule has 0 aromatic carbocycles. The Morgan fingerprint density at radius 1 is 1.56 bits per heavy atom. The van der Waals surface area contributed by atoms with Gasteiger partial charge in [0.15, 0.2) is 0 Å². The van der Waals surface area contributed by atoms with E-state index in [0.717, 1.165) is 25.1 Å². The zero-order valence-electron chi connectivity index (χ0n) is 9.79. The van der Waals surface area contributed by atoms with E-state index in [1.165, 1.54) is 0 Å². The van der Waals surface area contributed by atoms with Crippen LogP contribution in [0.25, 0.3) is 0 Å². The van der Waals surface area contributed by atoms with E-state index in [2.05, 4.69) is 27.4 Å². The topological polar surface area (TPSA) is 70.7 Å². The predicted molar refractivity (Wildman–Crippen MR) is 62.1 cm³/mol. The zero-order valence-corrected chi connectivity index (χ0v) is 9.79. The van der Waals surface area contributed by atoms with Crippen molar-refractivity contribution in [1.29, 1.82) is 0 Å². The molecule has 0 aliphatic heterocycles. The Hall–Kier alpha value is -1.65. The van der Waals surface area contributed by atoms with Crippen LogP contribution in [0.5, 0.6) is 0 Å². The standard InChI is InChI=1S/C11H18N4O/c1-3-5-6-8-12-11(16)10-13-9(7-4-2)14-15-10/h3,5H,4,6-8H2,1-2H3,(H,12,16)(H,13,14,15)/b5-3+. The van der Waals surface area contributed by atoms with Gasteiger partial charge in [0.1, 0.15) is 5.82 Å². The second-order valence-corrected chi connectivity index (χ2v) is 3.47. The average Bonchev–Trinajstić information content (AvgIpc) is 2.73. The van der Waals surface area contributed by atoms with Gasteiger partial charge in [-0.1, -0.05) is 19.1 Å². The molecular formula is C11H18N4O. The Kier molecular flexibility index (Phi) is 5.25. The third-order valence-corrected chi connectivity index (χ3v) is 2.05. The first kappa shape index (κ1) is 12.4. The SMILES string of the molecule is C/C=C/CCNC(=O)c1n[nH]c(CCC)n1. The van der Waals surface area contributed by atoms with E-state index in [0.29, 0.717) is 6.54 Å². The molecule has 88 valence electrons. The second kappa shape index (κ2) is 6.76.